The molecule has 5 nitrogen and oxygen atoms in total. The molecule has 4 aromatic rings. The number of benzene rings is 2. The number of aromatic nitrogens is 3. The summed E-state index contributed by atoms with van der Waals surface area (Å²) in [6, 6.07) is 17.6. The molecule has 5 rings (SSSR count). The molecule has 2 aromatic carbocycles. The number of hydrogen-bond donors (Lipinski definition) is 2. The Morgan fingerprint density at radius 1 is 1.00 bits per heavy atom. The number of imidazole rings is 1. The van der Waals surface area contributed by atoms with Crippen LogP contribution in [-0.4, -0.2) is 26.6 Å². The molecule has 0 spiro atoms. The lowest BCUT2D eigenvalue weighted by Gasteiger charge is -2.22. The lowest BCUT2D eigenvalue weighted by atomic mass is 10.1. The molecule has 2 aromatic heterocycles. The minimum Gasteiger partial charge on any atom is -0.364 e. The van der Waals surface area contributed by atoms with Crippen LogP contribution in [0.5, 0.6) is 0 Å². The summed E-state index contributed by atoms with van der Waals surface area (Å²) in [5.41, 5.74) is 6.23. The first-order valence-corrected chi connectivity index (χ1v) is 14.0. The van der Waals surface area contributed by atoms with Crippen LogP contribution in [0, 0.1) is 11.3 Å². The molecule has 2 N–H and O–H groups in total. The summed E-state index contributed by atoms with van der Waals surface area (Å²) >= 11 is 0. The summed E-state index contributed by atoms with van der Waals surface area (Å²) in [6.45, 7) is 16.3. The van der Waals surface area contributed by atoms with Gasteiger partial charge in [0.2, 0.25) is 0 Å². The number of rotatable bonds is 10. The maximum atomic E-state index is 5.20. The molecule has 0 aliphatic heterocycles. The van der Waals surface area contributed by atoms with Crippen LogP contribution < -0.4 is 10.6 Å². The number of anilines is 1. The van der Waals surface area contributed by atoms with Crippen LogP contribution in [0.3, 0.4) is 0 Å². The lowest BCUT2D eigenvalue weighted by Crippen LogP contribution is -2.26. The predicted molar refractivity (Wildman–Crippen MR) is 156 cm³/mol. The van der Waals surface area contributed by atoms with Gasteiger partial charge < -0.3 is 15.2 Å². The van der Waals surface area contributed by atoms with E-state index in [4.69, 9.17) is 9.97 Å². The fraction of sp³-hybridized carbons (Fsp3) is 0.500. The highest BCUT2D eigenvalue weighted by Gasteiger charge is 2.44. The van der Waals surface area contributed by atoms with Crippen LogP contribution in [0.15, 0.2) is 48.5 Å². The zero-order valence-electron chi connectivity index (χ0n) is 23.5. The van der Waals surface area contributed by atoms with Crippen LogP contribution >= 0.6 is 0 Å². The molecule has 196 valence electrons. The maximum absolute atomic E-state index is 5.20. The van der Waals surface area contributed by atoms with Crippen molar-refractivity contribution in [2.75, 3.05) is 11.9 Å². The predicted octanol–water partition coefficient (Wildman–Crippen LogP) is 7.32. The van der Waals surface area contributed by atoms with E-state index in [1.54, 1.807) is 0 Å². The molecule has 0 amide bonds. The van der Waals surface area contributed by atoms with Gasteiger partial charge in [0.1, 0.15) is 11.3 Å². The molecule has 1 saturated carbocycles. The van der Waals surface area contributed by atoms with Crippen LogP contribution in [0.4, 0.5) is 5.82 Å². The Balaban J connectivity index is 1.47. The van der Waals surface area contributed by atoms with Crippen LogP contribution in [-0.2, 0) is 19.5 Å². The van der Waals surface area contributed by atoms with E-state index in [1.807, 2.05) is 0 Å². The van der Waals surface area contributed by atoms with Crippen molar-refractivity contribution >= 4 is 27.8 Å². The lowest BCUT2D eigenvalue weighted by molar-refractivity contribution is 0.519. The smallest absolute Gasteiger partial charge is 0.155 e. The molecule has 2 heterocycles. The van der Waals surface area contributed by atoms with E-state index in [9.17, 15) is 0 Å². The molecule has 5 heteroatoms. The number of aryl methyl sites for hydroxylation is 1. The molecule has 1 fully saturated rings. The monoisotopic (exact) mass is 497 g/mol. The number of hydrogen-bond acceptors (Lipinski definition) is 4. The van der Waals surface area contributed by atoms with Gasteiger partial charge >= 0.3 is 0 Å². The zero-order chi connectivity index (χ0) is 26.2. The second kappa shape index (κ2) is 10.1. The molecular formula is C32H43N5. The average molecular weight is 498 g/mol. The van der Waals surface area contributed by atoms with Gasteiger partial charge in [-0.1, -0.05) is 69.7 Å². The Morgan fingerprint density at radius 3 is 2.38 bits per heavy atom. The topological polar surface area (TPSA) is 54.8 Å². The third-order valence-corrected chi connectivity index (χ3v) is 7.71. The Morgan fingerprint density at radius 2 is 1.70 bits per heavy atom. The first-order valence-electron chi connectivity index (χ1n) is 14.0. The summed E-state index contributed by atoms with van der Waals surface area (Å²) < 4.78 is 2.44. The van der Waals surface area contributed by atoms with Gasteiger partial charge in [-0.05, 0) is 68.7 Å². The Bertz CT molecular complexity index is 1370. The summed E-state index contributed by atoms with van der Waals surface area (Å²) in [7, 11) is 0. The van der Waals surface area contributed by atoms with Gasteiger partial charge in [0, 0.05) is 30.4 Å². The number of unbranched alkanes of at least 4 members (excludes halogenated alkanes) is 1. The van der Waals surface area contributed by atoms with E-state index >= 15 is 0 Å². The third-order valence-electron chi connectivity index (χ3n) is 7.71. The SMILES string of the molecule is CCCCc1nc2c(NC(C)(C)C)nc3ccccc3c2n1Cc1ccc(CNCC2CC2(C)C)cc1. The summed E-state index contributed by atoms with van der Waals surface area (Å²) in [5, 5.41) is 8.45. The number of fused-ring (bicyclic) bond motifs is 3. The number of pyridine rings is 1. The van der Waals surface area contributed by atoms with Gasteiger partial charge in [-0.3, -0.25) is 0 Å². The third kappa shape index (κ3) is 5.82. The van der Waals surface area contributed by atoms with Crippen LogP contribution in [0.1, 0.15) is 77.8 Å². The summed E-state index contributed by atoms with van der Waals surface area (Å²) in [6.07, 6.45) is 4.58. The van der Waals surface area contributed by atoms with Gasteiger partial charge in [-0.2, -0.15) is 0 Å². The van der Waals surface area contributed by atoms with Crippen LogP contribution in [0.25, 0.3) is 21.9 Å². The second-order valence-corrected chi connectivity index (χ2v) is 12.6. The molecule has 0 radical (unpaired) electrons. The van der Waals surface area contributed by atoms with Gasteiger partial charge in [-0.15, -0.1) is 0 Å². The van der Waals surface area contributed by atoms with Crippen molar-refractivity contribution in [3.8, 4) is 0 Å². The Labute approximate surface area is 222 Å². The van der Waals surface area contributed by atoms with Gasteiger partial charge in [0.05, 0.1) is 11.0 Å². The largest absolute Gasteiger partial charge is 0.364 e. The van der Waals surface area contributed by atoms with Crippen molar-refractivity contribution in [3.63, 3.8) is 0 Å². The highest BCUT2D eigenvalue weighted by molar-refractivity contribution is 6.07. The average Bonchev–Trinajstić information content (AvgIpc) is 3.29. The molecule has 1 atom stereocenters. The van der Waals surface area contributed by atoms with E-state index in [0.717, 1.165) is 72.9 Å². The fourth-order valence-corrected chi connectivity index (χ4v) is 5.28. The number of nitrogens with zero attached hydrogens (tertiary/aromatic N) is 3. The number of nitrogens with one attached hydrogen (secondary N) is 2. The quantitative estimate of drug-likeness (QED) is 0.241. The zero-order valence-corrected chi connectivity index (χ0v) is 23.5. The first kappa shape index (κ1) is 25.7. The van der Waals surface area contributed by atoms with Crippen molar-refractivity contribution in [3.05, 3.63) is 65.5 Å². The van der Waals surface area contributed by atoms with E-state index < -0.39 is 0 Å². The van der Waals surface area contributed by atoms with Gasteiger partial charge in [0.15, 0.2) is 5.82 Å². The van der Waals surface area contributed by atoms with Crippen molar-refractivity contribution in [1.29, 1.82) is 0 Å². The molecule has 1 aliphatic carbocycles. The molecule has 0 saturated heterocycles. The van der Waals surface area contributed by atoms with E-state index in [0.29, 0.717) is 5.41 Å². The van der Waals surface area contributed by atoms with Crippen LogP contribution in [0.2, 0.25) is 0 Å². The maximum Gasteiger partial charge on any atom is 0.155 e. The van der Waals surface area contributed by atoms with Gasteiger partial charge in [-0.25, -0.2) is 9.97 Å². The highest BCUT2D eigenvalue weighted by atomic mass is 15.1. The Kier molecular flexibility index (Phi) is 7.01. The summed E-state index contributed by atoms with van der Waals surface area (Å²) in [5.74, 6) is 2.84. The minimum absolute atomic E-state index is 0.102. The second-order valence-electron chi connectivity index (χ2n) is 12.6. The van der Waals surface area contributed by atoms with Crippen molar-refractivity contribution in [1.82, 2.24) is 19.9 Å². The van der Waals surface area contributed by atoms with Crippen molar-refractivity contribution in [2.24, 2.45) is 11.3 Å². The molecule has 1 aliphatic rings. The van der Waals surface area contributed by atoms with Gasteiger partial charge in [0.25, 0.3) is 0 Å². The fourth-order valence-electron chi connectivity index (χ4n) is 5.28. The number of para-hydroxylation sites is 1. The normalized spacial score (nSPS) is 17.0. The minimum atomic E-state index is -0.102. The molecular weight excluding hydrogens is 454 g/mol. The van der Waals surface area contributed by atoms with E-state index in [2.05, 4.69) is 105 Å². The molecule has 0 bridgehead atoms. The van der Waals surface area contributed by atoms with E-state index in [-0.39, 0.29) is 5.54 Å². The first-order chi connectivity index (χ1) is 17.6. The molecule has 1 unspecified atom stereocenters. The molecule has 37 heavy (non-hydrogen) atoms. The van der Waals surface area contributed by atoms with E-state index in [1.165, 1.54) is 23.1 Å². The van der Waals surface area contributed by atoms with Crippen molar-refractivity contribution < 1.29 is 0 Å². The standard InChI is InChI=1S/C32H43N5/c1-7-8-13-27-35-28-29(25-11-9-10-12-26(25)34-30(28)36-31(2,3)4)37(27)21-23-16-14-22(15-17-23)19-33-20-24-18-32(24,5)6/h9-12,14-17,24,33H,7-8,13,18-21H2,1-6H3,(H,34,36). The van der Waals surface area contributed by atoms with Crippen molar-refractivity contribution in [2.45, 2.75) is 85.9 Å². The highest BCUT2D eigenvalue weighted by Crippen LogP contribution is 2.51. The summed E-state index contributed by atoms with van der Waals surface area (Å²) in [4.78, 5) is 10.2. The Hall–Kier alpha value is -2.92.